The van der Waals surface area contributed by atoms with Gasteiger partial charge in [0.25, 0.3) is 0 Å². The van der Waals surface area contributed by atoms with Gasteiger partial charge in [0, 0.05) is 37.9 Å². The SMILES string of the molecule is O=C(NCCC1=CCCCC1)N1CCC[C@H](c2ncc[nH]2)C1. The van der Waals surface area contributed by atoms with Crippen LogP contribution in [0.2, 0.25) is 0 Å². The maximum absolute atomic E-state index is 12.3. The number of hydrogen-bond donors (Lipinski definition) is 2. The number of piperidine rings is 1. The quantitative estimate of drug-likeness (QED) is 0.839. The molecule has 2 aliphatic rings. The topological polar surface area (TPSA) is 61.0 Å². The van der Waals surface area contributed by atoms with Crippen molar-refractivity contribution < 1.29 is 4.79 Å². The Kier molecular flexibility index (Phi) is 5.14. The van der Waals surface area contributed by atoms with E-state index in [0.29, 0.717) is 5.92 Å². The average Bonchev–Trinajstić information content (AvgIpc) is 3.10. The highest BCUT2D eigenvalue weighted by Crippen LogP contribution is 2.24. The van der Waals surface area contributed by atoms with Crippen molar-refractivity contribution in [1.82, 2.24) is 20.2 Å². The summed E-state index contributed by atoms with van der Waals surface area (Å²) in [6.45, 7) is 2.38. The summed E-state index contributed by atoms with van der Waals surface area (Å²) in [5.41, 5.74) is 1.51. The van der Waals surface area contributed by atoms with Crippen LogP contribution in [0.25, 0.3) is 0 Å². The fourth-order valence-corrected chi connectivity index (χ4v) is 3.46. The number of hydrogen-bond acceptors (Lipinski definition) is 2. The molecular formula is C17H26N4O. The van der Waals surface area contributed by atoms with E-state index in [2.05, 4.69) is 21.4 Å². The number of rotatable bonds is 4. The van der Waals surface area contributed by atoms with Crippen LogP contribution in [0, 0.1) is 0 Å². The molecule has 5 heteroatoms. The van der Waals surface area contributed by atoms with Gasteiger partial charge >= 0.3 is 6.03 Å². The van der Waals surface area contributed by atoms with Crippen molar-refractivity contribution in [3.8, 4) is 0 Å². The second-order valence-electron chi connectivity index (χ2n) is 6.35. The van der Waals surface area contributed by atoms with Crippen molar-refractivity contribution in [2.75, 3.05) is 19.6 Å². The zero-order valence-electron chi connectivity index (χ0n) is 13.2. The Hall–Kier alpha value is -1.78. The highest BCUT2D eigenvalue weighted by atomic mass is 16.2. The highest BCUT2D eigenvalue weighted by Gasteiger charge is 2.25. The summed E-state index contributed by atoms with van der Waals surface area (Å²) < 4.78 is 0. The molecule has 1 aliphatic carbocycles. The van der Waals surface area contributed by atoms with E-state index in [1.165, 1.54) is 31.3 Å². The summed E-state index contributed by atoms with van der Waals surface area (Å²) in [7, 11) is 0. The van der Waals surface area contributed by atoms with Crippen molar-refractivity contribution in [2.24, 2.45) is 0 Å². The highest BCUT2D eigenvalue weighted by molar-refractivity contribution is 5.74. The first-order valence-corrected chi connectivity index (χ1v) is 8.53. The van der Waals surface area contributed by atoms with Gasteiger partial charge in [-0.3, -0.25) is 0 Å². The van der Waals surface area contributed by atoms with Crippen molar-refractivity contribution in [3.05, 3.63) is 29.9 Å². The molecule has 2 heterocycles. The molecule has 2 amide bonds. The molecule has 1 fully saturated rings. The zero-order valence-corrected chi connectivity index (χ0v) is 13.2. The van der Waals surface area contributed by atoms with E-state index in [1.807, 2.05) is 11.1 Å². The molecule has 1 aromatic rings. The van der Waals surface area contributed by atoms with E-state index < -0.39 is 0 Å². The minimum absolute atomic E-state index is 0.0765. The third kappa shape index (κ3) is 3.90. The molecule has 22 heavy (non-hydrogen) atoms. The number of nitrogens with zero attached hydrogens (tertiary/aromatic N) is 2. The van der Waals surface area contributed by atoms with Crippen LogP contribution in [0.15, 0.2) is 24.0 Å². The molecule has 0 aromatic carbocycles. The number of aromatic amines is 1. The zero-order chi connectivity index (χ0) is 15.2. The number of imidazole rings is 1. The molecule has 1 aromatic heterocycles. The minimum Gasteiger partial charge on any atom is -0.348 e. The number of urea groups is 1. The number of aromatic nitrogens is 2. The van der Waals surface area contributed by atoms with E-state index in [1.54, 1.807) is 6.20 Å². The van der Waals surface area contributed by atoms with Gasteiger partial charge in [0.2, 0.25) is 0 Å². The number of nitrogens with one attached hydrogen (secondary N) is 2. The van der Waals surface area contributed by atoms with Crippen LogP contribution in [-0.2, 0) is 0 Å². The number of H-pyrrole nitrogens is 1. The normalized spacial score (nSPS) is 22.3. The third-order valence-electron chi connectivity index (χ3n) is 4.72. The van der Waals surface area contributed by atoms with Gasteiger partial charge in [-0.25, -0.2) is 9.78 Å². The number of likely N-dealkylation sites (tertiary alicyclic amines) is 1. The van der Waals surface area contributed by atoms with E-state index >= 15 is 0 Å². The van der Waals surface area contributed by atoms with Gasteiger partial charge in [0.15, 0.2) is 0 Å². The van der Waals surface area contributed by atoms with E-state index in [-0.39, 0.29) is 6.03 Å². The summed E-state index contributed by atoms with van der Waals surface area (Å²) in [6, 6.07) is 0.0765. The molecule has 5 nitrogen and oxygen atoms in total. The monoisotopic (exact) mass is 302 g/mol. The predicted octanol–water partition coefficient (Wildman–Crippen LogP) is 3.19. The Morgan fingerprint density at radius 2 is 2.36 bits per heavy atom. The van der Waals surface area contributed by atoms with Gasteiger partial charge in [-0.15, -0.1) is 0 Å². The molecule has 3 rings (SSSR count). The van der Waals surface area contributed by atoms with Gasteiger partial charge in [0.1, 0.15) is 5.82 Å². The van der Waals surface area contributed by atoms with E-state index in [9.17, 15) is 4.79 Å². The fraction of sp³-hybridized carbons (Fsp3) is 0.647. The van der Waals surface area contributed by atoms with Gasteiger partial charge in [-0.1, -0.05) is 11.6 Å². The molecule has 0 unspecified atom stereocenters. The van der Waals surface area contributed by atoms with E-state index in [0.717, 1.165) is 44.7 Å². The lowest BCUT2D eigenvalue weighted by Crippen LogP contribution is -2.45. The van der Waals surface area contributed by atoms with Crippen molar-refractivity contribution in [2.45, 2.75) is 50.9 Å². The lowest BCUT2D eigenvalue weighted by Gasteiger charge is -2.32. The van der Waals surface area contributed by atoms with Crippen LogP contribution in [-0.4, -0.2) is 40.5 Å². The second kappa shape index (κ2) is 7.47. The second-order valence-corrected chi connectivity index (χ2v) is 6.35. The molecular weight excluding hydrogens is 276 g/mol. The Bertz CT molecular complexity index is 509. The molecule has 0 saturated carbocycles. The van der Waals surface area contributed by atoms with Crippen LogP contribution >= 0.6 is 0 Å². The standard InChI is InChI=1S/C17H26N4O/c22-17(20-9-8-14-5-2-1-3-6-14)21-12-4-7-15(13-21)16-18-10-11-19-16/h5,10-11,15H,1-4,6-9,12-13H2,(H,18,19)(H,20,22)/t15-/m0/s1. The Balaban J connectivity index is 1.44. The number of amides is 2. The molecule has 0 spiro atoms. The molecule has 0 radical (unpaired) electrons. The first kappa shape index (κ1) is 15.1. The summed E-state index contributed by atoms with van der Waals surface area (Å²) in [5.74, 6) is 1.35. The van der Waals surface area contributed by atoms with Crippen molar-refractivity contribution in [3.63, 3.8) is 0 Å². The van der Waals surface area contributed by atoms with Crippen LogP contribution < -0.4 is 5.32 Å². The smallest absolute Gasteiger partial charge is 0.317 e. The average molecular weight is 302 g/mol. The molecule has 1 aliphatic heterocycles. The van der Waals surface area contributed by atoms with Crippen LogP contribution in [0.3, 0.4) is 0 Å². The van der Waals surface area contributed by atoms with Crippen LogP contribution in [0.5, 0.6) is 0 Å². The maximum atomic E-state index is 12.3. The van der Waals surface area contributed by atoms with Gasteiger partial charge in [-0.2, -0.15) is 0 Å². The lowest BCUT2D eigenvalue weighted by molar-refractivity contribution is 0.178. The lowest BCUT2D eigenvalue weighted by atomic mass is 9.97. The number of allylic oxidation sites excluding steroid dienone is 1. The number of carbonyl (C=O) groups excluding carboxylic acids is 1. The molecule has 0 bridgehead atoms. The maximum Gasteiger partial charge on any atom is 0.317 e. The summed E-state index contributed by atoms with van der Waals surface area (Å²) in [4.78, 5) is 21.8. The molecule has 1 atom stereocenters. The van der Waals surface area contributed by atoms with Gasteiger partial charge in [-0.05, 0) is 44.9 Å². The minimum atomic E-state index is 0.0765. The van der Waals surface area contributed by atoms with Crippen LogP contribution in [0.4, 0.5) is 4.79 Å². The first-order chi connectivity index (χ1) is 10.8. The molecule has 120 valence electrons. The molecule has 2 N–H and O–H groups in total. The Labute approximate surface area is 132 Å². The summed E-state index contributed by atoms with van der Waals surface area (Å²) in [5, 5.41) is 3.08. The summed E-state index contributed by atoms with van der Waals surface area (Å²) >= 11 is 0. The summed E-state index contributed by atoms with van der Waals surface area (Å²) in [6.07, 6.45) is 14.2. The van der Waals surface area contributed by atoms with Crippen molar-refractivity contribution in [1.29, 1.82) is 0 Å². The largest absolute Gasteiger partial charge is 0.348 e. The van der Waals surface area contributed by atoms with E-state index in [4.69, 9.17) is 0 Å². The molecule has 1 saturated heterocycles. The first-order valence-electron chi connectivity index (χ1n) is 8.53. The Morgan fingerprint density at radius 3 is 3.14 bits per heavy atom. The number of carbonyl (C=O) groups is 1. The van der Waals surface area contributed by atoms with Gasteiger partial charge < -0.3 is 15.2 Å². The van der Waals surface area contributed by atoms with Crippen molar-refractivity contribution >= 4 is 6.03 Å². The predicted molar refractivity (Wildman–Crippen MR) is 86.7 cm³/mol. The van der Waals surface area contributed by atoms with Gasteiger partial charge in [0.05, 0.1) is 0 Å². The fourth-order valence-electron chi connectivity index (χ4n) is 3.46. The Morgan fingerprint density at radius 1 is 1.41 bits per heavy atom. The van der Waals surface area contributed by atoms with Crippen LogP contribution in [0.1, 0.15) is 56.7 Å². The third-order valence-corrected chi connectivity index (χ3v) is 4.72.